The van der Waals surface area contributed by atoms with E-state index in [1.165, 1.54) is 29.9 Å². The molecule has 0 bridgehead atoms. The van der Waals surface area contributed by atoms with Gasteiger partial charge in [-0.25, -0.2) is 22.7 Å². The third-order valence-electron chi connectivity index (χ3n) is 3.44. The van der Waals surface area contributed by atoms with Crippen LogP contribution in [0.25, 0.3) is 16.9 Å². The van der Waals surface area contributed by atoms with E-state index in [0.717, 1.165) is 0 Å². The second kappa shape index (κ2) is 5.28. The number of fused-ring (bicyclic) bond motifs is 1. The van der Waals surface area contributed by atoms with Crippen molar-refractivity contribution >= 4 is 11.5 Å². The van der Waals surface area contributed by atoms with E-state index in [9.17, 15) is 13.2 Å². The molecule has 3 heterocycles. The minimum Gasteiger partial charge on any atom is -0.367 e. The minimum atomic E-state index is -2.47. The number of nitrogen functional groups attached to an aromatic ring is 1. The SMILES string of the molecule is CC(c1ccc(-c2cc(F)c3cnc(N)nn23)nc1)C(F)F. The fourth-order valence-corrected chi connectivity index (χ4v) is 2.12. The Bertz CT molecular complexity index is 813. The van der Waals surface area contributed by atoms with Crippen LogP contribution in [0.15, 0.2) is 30.6 Å². The molecule has 22 heavy (non-hydrogen) atoms. The lowest BCUT2D eigenvalue weighted by Crippen LogP contribution is -2.05. The van der Waals surface area contributed by atoms with Crippen LogP contribution in [0.1, 0.15) is 18.4 Å². The molecule has 0 saturated carbocycles. The van der Waals surface area contributed by atoms with E-state index in [-0.39, 0.29) is 11.5 Å². The van der Waals surface area contributed by atoms with Crippen molar-refractivity contribution in [2.45, 2.75) is 19.3 Å². The van der Waals surface area contributed by atoms with E-state index < -0.39 is 18.2 Å². The molecule has 0 saturated heterocycles. The van der Waals surface area contributed by atoms with Crippen molar-refractivity contribution in [2.24, 2.45) is 0 Å². The van der Waals surface area contributed by atoms with Gasteiger partial charge in [0.25, 0.3) is 0 Å². The van der Waals surface area contributed by atoms with Crippen LogP contribution in [-0.4, -0.2) is 26.0 Å². The van der Waals surface area contributed by atoms with Crippen molar-refractivity contribution in [3.63, 3.8) is 0 Å². The first-order valence-corrected chi connectivity index (χ1v) is 6.51. The van der Waals surface area contributed by atoms with Gasteiger partial charge in [-0.2, -0.15) is 0 Å². The maximum absolute atomic E-state index is 13.9. The Balaban J connectivity index is 2.06. The lowest BCUT2D eigenvalue weighted by Gasteiger charge is -2.10. The summed E-state index contributed by atoms with van der Waals surface area (Å²) < 4.78 is 40.5. The van der Waals surface area contributed by atoms with Crippen molar-refractivity contribution in [3.8, 4) is 11.4 Å². The maximum atomic E-state index is 13.9. The molecule has 0 aliphatic rings. The lowest BCUT2D eigenvalue weighted by molar-refractivity contribution is 0.121. The summed E-state index contributed by atoms with van der Waals surface area (Å²) in [4.78, 5) is 7.86. The number of alkyl halides is 2. The summed E-state index contributed by atoms with van der Waals surface area (Å²) in [6.07, 6.45) is 0.161. The average molecular weight is 307 g/mol. The first-order valence-electron chi connectivity index (χ1n) is 6.51. The molecule has 1 unspecified atom stereocenters. The number of halogens is 3. The van der Waals surface area contributed by atoms with Crippen LogP contribution < -0.4 is 5.73 Å². The summed E-state index contributed by atoms with van der Waals surface area (Å²) in [5.74, 6) is -1.44. The molecule has 5 nitrogen and oxygen atoms in total. The van der Waals surface area contributed by atoms with Crippen LogP contribution in [0.4, 0.5) is 19.1 Å². The van der Waals surface area contributed by atoms with Gasteiger partial charge in [-0.15, -0.1) is 5.10 Å². The Morgan fingerprint density at radius 1 is 1.18 bits per heavy atom. The topological polar surface area (TPSA) is 69.1 Å². The van der Waals surface area contributed by atoms with Gasteiger partial charge in [0.05, 0.1) is 17.6 Å². The number of pyridine rings is 1. The predicted octanol–water partition coefficient (Wildman–Crippen LogP) is 2.88. The smallest absolute Gasteiger partial charge is 0.245 e. The van der Waals surface area contributed by atoms with Gasteiger partial charge in [-0.3, -0.25) is 4.98 Å². The summed E-state index contributed by atoms with van der Waals surface area (Å²) in [6.45, 7) is 1.42. The fourth-order valence-electron chi connectivity index (χ4n) is 2.12. The van der Waals surface area contributed by atoms with Gasteiger partial charge >= 0.3 is 0 Å². The highest BCUT2D eigenvalue weighted by molar-refractivity contribution is 5.64. The number of hydrogen-bond acceptors (Lipinski definition) is 4. The van der Waals surface area contributed by atoms with Crippen LogP contribution in [0, 0.1) is 5.82 Å². The number of aromatic nitrogens is 4. The molecule has 3 aromatic rings. The van der Waals surface area contributed by atoms with Gasteiger partial charge in [0.15, 0.2) is 5.82 Å². The van der Waals surface area contributed by atoms with Crippen LogP contribution in [0.5, 0.6) is 0 Å². The Labute approximate surface area is 123 Å². The quantitative estimate of drug-likeness (QED) is 0.808. The fraction of sp³-hybridized carbons (Fsp3) is 0.214. The largest absolute Gasteiger partial charge is 0.367 e. The average Bonchev–Trinajstić information content (AvgIpc) is 2.83. The van der Waals surface area contributed by atoms with E-state index in [2.05, 4.69) is 15.1 Å². The second-order valence-corrected chi connectivity index (χ2v) is 4.89. The minimum absolute atomic E-state index is 0.00714. The number of hydrogen-bond donors (Lipinski definition) is 1. The van der Waals surface area contributed by atoms with Gasteiger partial charge in [0.1, 0.15) is 5.52 Å². The molecule has 0 spiro atoms. The van der Waals surface area contributed by atoms with Gasteiger partial charge in [0, 0.05) is 18.2 Å². The van der Waals surface area contributed by atoms with E-state index in [1.807, 2.05) is 0 Å². The van der Waals surface area contributed by atoms with E-state index >= 15 is 0 Å². The zero-order valence-electron chi connectivity index (χ0n) is 11.5. The van der Waals surface area contributed by atoms with Crippen molar-refractivity contribution < 1.29 is 13.2 Å². The van der Waals surface area contributed by atoms with Crippen LogP contribution in [0.2, 0.25) is 0 Å². The summed E-state index contributed by atoms with van der Waals surface area (Å²) in [6, 6.07) is 4.34. The van der Waals surface area contributed by atoms with E-state index in [0.29, 0.717) is 17.0 Å². The molecular weight excluding hydrogens is 295 g/mol. The van der Waals surface area contributed by atoms with Crippen molar-refractivity contribution in [2.75, 3.05) is 5.73 Å². The molecule has 0 aliphatic heterocycles. The lowest BCUT2D eigenvalue weighted by atomic mass is 10.0. The molecule has 3 rings (SSSR count). The number of nitrogens with two attached hydrogens (primary N) is 1. The van der Waals surface area contributed by atoms with Gasteiger partial charge in [0.2, 0.25) is 12.4 Å². The van der Waals surface area contributed by atoms with Crippen molar-refractivity contribution in [3.05, 3.63) is 42.0 Å². The highest BCUT2D eigenvalue weighted by atomic mass is 19.3. The van der Waals surface area contributed by atoms with E-state index in [1.54, 1.807) is 12.1 Å². The Hall–Kier alpha value is -2.64. The van der Waals surface area contributed by atoms with E-state index in [4.69, 9.17) is 5.73 Å². The molecule has 0 aliphatic carbocycles. The molecule has 0 radical (unpaired) electrons. The molecule has 114 valence electrons. The summed E-state index contributed by atoms with van der Waals surface area (Å²) in [7, 11) is 0. The van der Waals surface area contributed by atoms with Crippen LogP contribution >= 0.6 is 0 Å². The Morgan fingerprint density at radius 3 is 2.59 bits per heavy atom. The molecule has 2 N–H and O–H groups in total. The highest BCUT2D eigenvalue weighted by Gasteiger charge is 2.18. The second-order valence-electron chi connectivity index (χ2n) is 4.89. The van der Waals surface area contributed by atoms with Gasteiger partial charge < -0.3 is 5.73 Å². The maximum Gasteiger partial charge on any atom is 0.245 e. The van der Waals surface area contributed by atoms with Gasteiger partial charge in [-0.05, 0) is 11.6 Å². The molecule has 0 fully saturated rings. The summed E-state index contributed by atoms with van der Waals surface area (Å²) >= 11 is 0. The standard InChI is InChI=1S/C14H12F3N5/c1-7(13(16)17)8-2-3-10(19-5-8)11-4-9(15)12-6-20-14(18)21-22(11)12/h2-7,13H,1H3,(H2,18,21). The molecular formula is C14H12F3N5. The molecule has 0 aromatic carbocycles. The molecule has 3 aromatic heterocycles. The van der Waals surface area contributed by atoms with Crippen molar-refractivity contribution in [1.82, 2.24) is 19.6 Å². The summed E-state index contributed by atoms with van der Waals surface area (Å²) in [5, 5.41) is 3.94. The Kier molecular flexibility index (Phi) is 3.44. The molecule has 8 heteroatoms. The normalized spacial score (nSPS) is 13.0. The zero-order valence-corrected chi connectivity index (χ0v) is 11.5. The summed E-state index contributed by atoms with van der Waals surface area (Å²) in [5.41, 5.74) is 6.86. The Morgan fingerprint density at radius 2 is 1.95 bits per heavy atom. The number of nitrogens with zero attached hydrogens (tertiary/aromatic N) is 4. The number of rotatable bonds is 3. The van der Waals surface area contributed by atoms with Crippen LogP contribution in [-0.2, 0) is 0 Å². The predicted molar refractivity (Wildman–Crippen MR) is 75.0 cm³/mol. The highest BCUT2D eigenvalue weighted by Crippen LogP contribution is 2.26. The zero-order chi connectivity index (χ0) is 15.9. The molecule has 1 atom stereocenters. The first kappa shape index (κ1) is 14.3. The monoisotopic (exact) mass is 307 g/mol. The number of anilines is 1. The third-order valence-corrected chi connectivity index (χ3v) is 3.44. The third kappa shape index (κ3) is 2.36. The van der Waals surface area contributed by atoms with Gasteiger partial charge in [-0.1, -0.05) is 13.0 Å². The molecule has 0 amide bonds. The first-order chi connectivity index (χ1) is 10.5. The van der Waals surface area contributed by atoms with Crippen molar-refractivity contribution in [1.29, 1.82) is 0 Å². The van der Waals surface area contributed by atoms with Crippen LogP contribution in [0.3, 0.4) is 0 Å².